The summed E-state index contributed by atoms with van der Waals surface area (Å²) in [7, 11) is 0. The molecule has 1 amide bonds. The molecule has 2 N–H and O–H groups in total. The molecular weight excluding hydrogens is 202 g/mol. The third kappa shape index (κ3) is 3.57. The summed E-state index contributed by atoms with van der Waals surface area (Å²) in [5.41, 5.74) is 3.18. The van der Waals surface area contributed by atoms with E-state index in [0.717, 1.165) is 0 Å². The molecule has 0 aliphatic carbocycles. The summed E-state index contributed by atoms with van der Waals surface area (Å²) in [6, 6.07) is 6.24. The van der Waals surface area contributed by atoms with E-state index in [1.54, 1.807) is 0 Å². The maximum absolute atomic E-state index is 10.6. The van der Waals surface area contributed by atoms with Gasteiger partial charge in [0, 0.05) is 5.54 Å². The molecule has 0 saturated heterocycles. The first kappa shape index (κ1) is 12.6. The van der Waals surface area contributed by atoms with Gasteiger partial charge in [-0.15, -0.1) is 0 Å². The van der Waals surface area contributed by atoms with Crippen LogP contribution in [0.5, 0.6) is 0 Å². The van der Waals surface area contributed by atoms with Crippen LogP contribution < -0.4 is 5.32 Å². The van der Waals surface area contributed by atoms with Crippen LogP contribution in [0.4, 0.5) is 4.79 Å². The number of carbonyl (C=O) groups is 1. The van der Waals surface area contributed by atoms with Gasteiger partial charge in [-0.3, -0.25) is 0 Å². The molecule has 3 heteroatoms. The average molecular weight is 221 g/mol. The fourth-order valence-electron chi connectivity index (χ4n) is 1.85. The maximum Gasteiger partial charge on any atom is 0.405 e. The zero-order chi connectivity index (χ0) is 12.3. The zero-order valence-electron chi connectivity index (χ0n) is 10.3. The lowest BCUT2D eigenvalue weighted by Gasteiger charge is -2.25. The molecular formula is C13H19NO2. The Morgan fingerprint density at radius 1 is 1.38 bits per heavy atom. The van der Waals surface area contributed by atoms with Gasteiger partial charge in [-0.1, -0.05) is 23.8 Å². The molecule has 0 aliphatic rings. The number of aryl methyl sites for hydroxylation is 2. The Morgan fingerprint density at radius 2 is 2.00 bits per heavy atom. The van der Waals surface area contributed by atoms with Crippen molar-refractivity contribution in [1.82, 2.24) is 5.32 Å². The molecule has 0 heterocycles. The summed E-state index contributed by atoms with van der Waals surface area (Å²) in [5, 5.41) is 11.3. The summed E-state index contributed by atoms with van der Waals surface area (Å²) in [4.78, 5) is 10.6. The van der Waals surface area contributed by atoms with E-state index in [4.69, 9.17) is 5.11 Å². The van der Waals surface area contributed by atoms with Crippen molar-refractivity contribution in [3.05, 3.63) is 34.9 Å². The largest absolute Gasteiger partial charge is 0.465 e. The second-order valence-electron chi connectivity index (χ2n) is 4.92. The normalized spacial score (nSPS) is 11.2. The molecule has 3 nitrogen and oxygen atoms in total. The standard InChI is InChI=1S/C13H19NO2/c1-9-5-6-11(10(2)7-9)8-13(3,4)14-12(15)16/h5-7,14H,8H2,1-4H3,(H,15,16). The first-order valence-electron chi connectivity index (χ1n) is 5.37. The number of benzene rings is 1. The molecule has 88 valence electrons. The zero-order valence-corrected chi connectivity index (χ0v) is 10.3. The highest BCUT2D eigenvalue weighted by Gasteiger charge is 2.21. The van der Waals surface area contributed by atoms with Gasteiger partial charge in [-0.25, -0.2) is 4.79 Å². The molecule has 16 heavy (non-hydrogen) atoms. The minimum atomic E-state index is -0.977. The van der Waals surface area contributed by atoms with Crippen molar-refractivity contribution in [3.63, 3.8) is 0 Å². The predicted molar refractivity (Wildman–Crippen MR) is 64.9 cm³/mol. The Bertz CT molecular complexity index is 397. The van der Waals surface area contributed by atoms with Gasteiger partial charge in [-0.05, 0) is 45.2 Å². The minimum absolute atomic E-state index is 0.439. The number of nitrogens with one attached hydrogen (secondary N) is 1. The van der Waals surface area contributed by atoms with Crippen LogP contribution in [0.15, 0.2) is 18.2 Å². The monoisotopic (exact) mass is 221 g/mol. The van der Waals surface area contributed by atoms with E-state index >= 15 is 0 Å². The Kier molecular flexibility index (Phi) is 3.58. The molecule has 0 spiro atoms. The van der Waals surface area contributed by atoms with E-state index in [1.165, 1.54) is 16.7 Å². The first-order valence-corrected chi connectivity index (χ1v) is 5.37. The van der Waals surface area contributed by atoms with Gasteiger partial charge in [-0.2, -0.15) is 0 Å². The van der Waals surface area contributed by atoms with Crippen molar-refractivity contribution < 1.29 is 9.90 Å². The van der Waals surface area contributed by atoms with Crippen LogP contribution in [0, 0.1) is 13.8 Å². The maximum atomic E-state index is 10.6. The molecule has 0 aromatic heterocycles. The van der Waals surface area contributed by atoms with Crippen molar-refractivity contribution in [2.45, 2.75) is 39.7 Å². The Labute approximate surface area is 96.5 Å². The summed E-state index contributed by atoms with van der Waals surface area (Å²) >= 11 is 0. The van der Waals surface area contributed by atoms with Crippen LogP contribution in [-0.4, -0.2) is 16.7 Å². The van der Waals surface area contributed by atoms with E-state index in [0.29, 0.717) is 6.42 Å². The highest BCUT2D eigenvalue weighted by molar-refractivity contribution is 5.65. The lowest BCUT2D eigenvalue weighted by atomic mass is 9.92. The number of hydrogen-bond donors (Lipinski definition) is 2. The van der Waals surface area contributed by atoms with Gasteiger partial charge >= 0.3 is 6.09 Å². The van der Waals surface area contributed by atoms with Gasteiger partial charge in [0.25, 0.3) is 0 Å². The van der Waals surface area contributed by atoms with Crippen LogP contribution in [0.1, 0.15) is 30.5 Å². The molecule has 0 aliphatic heterocycles. The molecule has 0 saturated carbocycles. The van der Waals surface area contributed by atoms with Gasteiger partial charge in [0.1, 0.15) is 0 Å². The van der Waals surface area contributed by atoms with Crippen molar-refractivity contribution in [2.24, 2.45) is 0 Å². The molecule has 1 aromatic rings. The van der Waals surface area contributed by atoms with Gasteiger partial charge < -0.3 is 10.4 Å². The van der Waals surface area contributed by atoms with Crippen LogP contribution in [0.3, 0.4) is 0 Å². The smallest absolute Gasteiger partial charge is 0.405 e. The second kappa shape index (κ2) is 4.56. The number of hydrogen-bond acceptors (Lipinski definition) is 1. The van der Waals surface area contributed by atoms with Crippen molar-refractivity contribution in [1.29, 1.82) is 0 Å². The van der Waals surface area contributed by atoms with E-state index in [1.807, 2.05) is 13.8 Å². The van der Waals surface area contributed by atoms with Crippen molar-refractivity contribution in [3.8, 4) is 0 Å². The highest BCUT2D eigenvalue weighted by atomic mass is 16.4. The van der Waals surface area contributed by atoms with Crippen LogP contribution in [-0.2, 0) is 6.42 Å². The highest BCUT2D eigenvalue weighted by Crippen LogP contribution is 2.17. The molecule has 0 radical (unpaired) electrons. The summed E-state index contributed by atoms with van der Waals surface area (Å²) in [5.74, 6) is 0. The van der Waals surface area contributed by atoms with Crippen molar-refractivity contribution >= 4 is 6.09 Å². The molecule has 0 bridgehead atoms. The third-order valence-corrected chi connectivity index (χ3v) is 2.58. The fraction of sp³-hybridized carbons (Fsp3) is 0.462. The first-order chi connectivity index (χ1) is 7.30. The summed E-state index contributed by atoms with van der Waals surface area (Å²) < 4.78 is 0. The Balaban J connectivity index is 2.83. The molecule has 0 atom stereocenters. The molecule has 0 fully saturated rings. The molecule has 1 rings (SSSR count). The van der Waals surface area contributed by atoms with E-state index in [2.05, 4.69) is 37.4 Å². The summed E-state index contributed by atoms with van der Waals surface area (Å²) in [6.45, 7) is 7.89. The van der Waals surface area contributed by atoms with Crippen LogP contribution in [0.25, 0.3) is 0 Å². The SMILES string of the molecule is Cc1ccc(CC(C)(C)NC(=O)O)c(C)c1. The van der Waals surface area contributed by atoms with Gasteiger partial charge in [0.15, 0.2) is 0 Å². The molecule has 0 unspecified atom stereocenters. The van der Waals surface area contributed by atoms with Crippen LogP contribution in [0.2, 0.25) is 0 Å². The van der Waals surface area contributed by atoms with Crippen LogP contribution >= 0.6 is 0 Å². The number of amides is 1. The van der Waals surface area contributed by atoms with E-state index in [-0.39, 0.29) is 0 Å². The lowest BCUT2D eigenvalue weighted by Crippen LogP contribution is -2.44. The lowest BCUT2D eigenvalue weighted by molar-refractivity contribution is 0.182. The van der Waals surface area contributed by atoms with Gasteiger partial charge in [0.2, 0.25) is 0 Å². The molecule has 1 aromatic carbocycles. The quantitative estimate of drug-likeness (QED) is 0.824. The fourth-order valence-corrected chi connectivity index (χ4v) is 1.85. The van der Waals surface area contributed by atoms with E-state index in [9.17, 15) is 4.79 Å². The summed E-state index contributed by atoms with van der Waals surface area (Å²) in [6.07, 6.45) is -0.277. The third-order valence-electron chi connectivity index (χ3n) is 2.58. The Hall–Kier alpha value is -1.51. The number of rotatable bonds is 3. The minimum Gasteiger partial charge on any atom is -0.465 e. The van der Waals surface area contributed by atoms with Crippen molar-refractivity contribution in [2.75, 3.05) is 0 Å². The average Bonchev–Trinajstić information content (AvgIpc) is 2.07. The number of carboxylic acid groups (broad SMARTS) is 1. The van der Waals surface area contributed by atoms with Gasteiger partial charge in [0.05, 0.1) is 0 Å². The second-order valence-corrected chi connectivity index (χ2v) is 4.92. The topological polar surface area (TPSA) is 49.3 Å². The predicted octanol–water partition coefficient (Wildman–Crippen LogP) is 2.89. The Morgan fingerprint density at radius 3 is 2.50 bits per heavy atom. The van der Waals surface area contributed by atoms with E-state index < -0.39 is 11.6 Å².